The standard InChI is InChI=1S/C17H22F3N3/c1-16(2,3)12-6-13(17(18,19)20)8-15(7-12)23-10-14(21-11-23)9-22(4)5/h6-8,10-11H,9H2,1-5H3. The molecule has 1 aromatic heterocycles. The van der Waals surface area contributed by atoms with Crippen molar-refractivity contribution in [2.45, 2.75) is 38.9 Å². The normalized spacial score (nSPS) is 12.9. The Hall–Kier alpha value is -1.82. The molecule has 0 aliphatic heterocycles. The van der Waals surface area contributed by atoms with Crippen molar-refractivity contribution < 1.29 is 13.2 Å². The highest BCUT2D eigenvalue weighted by Gasteiger charge is 2.32. The van der Waals surface area contributed by atoms with Crippen LogP contribution in [0.3, 0.4) is 0 Å². The van der Waals surface area contributed by atoms with Crippen LogP contribution in [0.5, 0.6) is 0 Å². The Bertz CT molecular complexity index is 647. The van der Waals surface area contributed by atoms with E-state index in [1.807, 2.05) is 39.8 Å². The molecule has 0 unspecified atom stereocenters. The molecule has 126 valence electrons. The molecule has 23 heavy (non-hydrogen) atoms. The zero-order chi connectivity index (χ0) is 17.4. The third-order valence-electron chi connectivity index (χ3n) is 3.52. The predicted molar refractivity (Wildman–Crippen MR) is 84.7 cm³/mol. The number of nitrogens with zero attached hydrogens (tertiary/aromatic N) is 3. The SMILES string of the molecule is CN(C)Cc1cn(-c2cc(C(C)(C)C)cc(C(F)(F)F)c2)cn1. The van der Waals surface area contributed by atoms with E-state index in [2.05, 4.69) is 4.98 Å². The molecule has 6 heteroatoms. The maximum atomic E-state index is 13.2. The molecule has 0 fully saturated rings. The van der Waals surface area contributed by atoms with Crippen molar-refractivity contribution in [1.82, 2.24) is 14.5 Å². The van der Waals surface area contributed by atoms with E-state index in [1.54, 1.807) is 23.2 Å². The molecule has 3 nitrogen and oxygen atoms in total. The van der Waals surface area contributed by atoms with E-state index in [9.17, 15) is 13.2 Å². The fourth-order valence-electron chi connectivity index (χ4n) is 2.27. The van der Waals surface area contributed by atoms with Gasteiger partial charge >= 0.3 is 6.18 Å². The minimum absolute atomic E-state index is 0.372. The molecule has 2 rings (SSSR count). The van der Waals surface area contributed by atoms with Gasteiger partial charge in [-0.05, 0) is 43.3 Å². The van der Waals surface area contributed by atoms with Crippen LogP contribution in [0.2, 0.25) is 0 Å². The maximum Gasteiger partial charge on any atom is 0.416 e. The van der Waals surface area contributed by atoms with Gasteiger partial charge in [-0.25, -0.2) is 4.98 Å². The Balaban J connectivity index is 2.51. The molecule has 0 spiro atoms. The number of rotatable bonds is 3. The van der Waals surface area contributed by atoms with Crippen molar-refractivity contribution >= 4 is 0 Å². The average Bonchev–Trinajstić information content (AvgIpc) is 2.83. The summed E-state index contributed by atoms with van der Waals surface area (Å²) in [7, 11) is 3.84. The number of hydrogen-bond acceptors (Lipinski definition) is 2. The van der Waals surface area contributed by atoms with Gasteiger partial charge in [0, 0.05) is 18.4 Å². The Morgan fingerprint density at radius 1 is 1.04 bits per heavy atom. The summed E-state index contributed by atoms with van der Waals surface area (Å²) in [6.45, 7) is 6.34. The molecule has 0 saturated carbocycles. The summed E-state index contributed by atoms with van der Waals surface area (Å²) >= 11 is 0. The summed E-state index contributed by atoms with van der Waals surface area (Å²) < 4.78 is 41.2. The van der Waals surface area contributed by atoms with Crippen molar-refractivity contribution in [3.05, 3.63) is 47.5 Å². The number of hydrogen-bond donors (Lipinski definition) is 0. The maximum absolute atomic E-state index is 13.2. The molecule has 1 heterocycles. The number of alkyl halides is 3. The van der Waals surface area contributed by atoms with Gasteiger partial charge in [-0.15, -0.1) is 0 Å². The first kappa shape index (κ1) is 17.5. The van der Waals surface area contributed by atoms with Crippen LogP contribution in [0.25, 0.3) is 5.69 Å². The monoisotopic (exact) mass is 325 g/mol. The summed E-state index contributed by atoms with van der Waals surface area (Å²) in [5.41, 5.74) is 0.920. The topological polar surface area (TPSA) is 21.1 Å². The highest BCUT2D eigenvalue weighted by atomic mass is 19.4. The molecule has 0 amide bonds. The molecular formula is C17H22F3N3. The fourth-order valence-corrected chi connectivity index (χ4v) is 2.27. The molecule has 0 aliphatic rings. The Labute approximate surface area is 134 Å². The van der Waals surface area contributed by atoms with E-state index in [0.29, 0.717) is 17.8 Å². The zero-order valence-electron chi connectivity index (χ0n) is 14.1. The van der Waals surface area contributed by atoms with E-state index < -0.39 is 11.7 Å². The molecule has 0 atom stereocenters. The van der Waals surface area contributed by atoms with Gasteiger partial charge in [0.15, 0.2) is 0 Å². The van der Waals surface area contributed by atoms with Crippen LogP contribution in [0.4, 0.5) is 13.2 Å². The summed E-state index contributed by atoms with van der Waals surface area (Å²) in [5, 5.41) is 0. The average molecular weight is 325 g/mol. The van der Waals surface area contributed by atoms with Gasteiger partial charge in [-0.3, -0.25) is 0 Å². The van der Waals surface area contributed by atoms with E-state index in [4.69, 9.17) is 0 Å². The van der Waals surface area contributed by atoms with Crippen LogP contribution in [-0.4, -0.2) is 28.5 Å². The van der Waals surface area contributed by atoms with Gasteiger partial charge in [-0.2, -0.15) is 13.2 Å². The molecule has 1 aromatic carbocycles. The number of aromatic nitrogens is 2. The summed E-state index contributed by atoms with van der Waals surface area (Å²) in [4.78, 5) is 6.21. The lowest BCUT2D eigenvalue weighted by atomic mass is 9.85. The zero-order valence-corrected chi connectivity index (χ0v) is 14.1. The third kappa shape index (κ3) is 4.34. The quantitative estimate of drug-likeness (QED) is 0.841. The van der Waals surface area contributed by atoms with Gasteiger partial charge < -0.3 is 9.47 Å². The Morgan fingerprint density at radius 2 is 1.65 bits per heavy atom. The lowest BCUT2D eigenvalue weighted by molar-refractivity contribution is -0.137. The fraction of sp³-hybridized carbons (Fsp3) is 0.471. The molecule has 0 saturated heterocycles. The third-order valence-corrected chi connectivity index (χ3v) is 3.52. The highest BCUT2D eigenvalue weighted by molar-refractivity contribution is 5.44. The number of imidazole rings is 1. The molecule has 2 aromatic rings. The van der Waals surface area contributed by atoms with Crippen molar-refractivity contribution in [2.24, 2.45) is 0 Å². The first-order valence-corrected chi connectivity index (χ1v) is 7.37. The van der Waals surface area contributed by atoms with Crippen molar-refractivity contribution in [3.63, 3.8) is 0 Å². The highest BCUT2D eigenvalue weighted by Crippen LogP contribution is 2.34. The minimum Gasteiger partial charge on any atom is -0.306 e. The smallest absolute Gasteiger partial charge is 0.306 e. The van der Waals surface area contributed by atoms with Crippen LogP contribution >= 0.6 is 0 Å². The van der Waals surface area contributed by atoms with Gasteiger partial charge in [-0.1, -0.05) is 20.8 Å². The van der Waals surface area contributed by atoms with Crippen LogP contribution in [0.1, 0.15) is 37.6 Å². The van der Waals surface area contributed by atoms with E-state index >= 15 is 0 Å². The number of halogens is 3. The molecule has 0 bridgehead atoms. The molecule has 0 radical (unpaired) electrons. The molecule has 0 aliphatic carbocycles. The van der Waals surface area contributed by atoms with Crippen LogP contribution in [0.15, 0.2) is 30.7 Å². The van der Waals surface area contributed by atoms with Crippen LogP contribution < -0.4 is 0 Å². The lowest BCUT2D eigenvalue weighted by Crippen LogP contribution is -2.15. The first-order valence-electron chi connectivity index (χ1n) is 7.37. The Morgan fingerprint density at radius 3 is 2.17 bits per heavy atom. The second kappa shape index (κ2) is 6.00. The second-order valence-electron chi connectivity index (χ2n) is 7.03. The lowest BCUT2D eigenvalue weighted by Gasteiger charge is -2.22. The summed E-state index contributed by atoms with van der Waals surface area (Å²) in [6, 6.07) is 4.17. The van der Waals surface area contributed by atoms with Crippen LogP contribution in [-0.2, 0) is 18.1 Å². The molecule has 0 N–H and O–H groups in total. The van der Waals surface area contributed by atoms with Gasteiger partial charge in [0.1, 0.15) is 0 Å². The largest absolute Gasteiger partial charge is 0.416 e. The van der Waals surface area contributed by atoms with Crippen molar-refractivity contribution in [2.75, 3.05) is 14.1 Å². The summed E-state index contributed by atoms with van der Waals surface area (Å²) in [6.07, 6.45) is -1.05. The second-order valence-corrected chi connectivity index (χ2v) is 7.03. The molecular weight excluding hydrogens is 303 g/mol. The van der Waals surface area contributed by atoms with Crippen molar-refractivity contribution in [1.29, 1.82) is 0 Å². The summed E-state index contributed by atoms with van der Waals surface area (Å²) in [5.74, 6) is 0. The van der Waals surface area contributed by atoms with Gasteiger partial charge in [0.25, 0.3) is 0 Å². The first-order chi connectivity index (χ1) is 10.5. The minimum atomic E-state index is -4.37. The predicted octanol–water partition coefficient (Wildman–Crippen LogP) is 4.25. The Kier molecular flexibility index (Phi) is 4.57. The van der Waals surface area contributed by atoms with E-state index in [-0.39, 0.29) is 5.41 Å². The number of benzene rings is 1. The van der Waals surface area contributed by atoms with Gasteiger partial charge in [0.05, 0.1) is 17.6 Å². The van der Waals surface area contributed by atoms with Gasteiger partial charge in [0.2, 0.25) is 0 Å². The van der Waals surface area contributed by atoms with Crippen molar-refractivity contribution in [3.8, 4) is 5.69 Å². The van der Waals surface area contributed by atoms with Crippen LogP contribution in [0, 0.1) is 0 Å². The van der Waals surface area contributed by atoms with E-state index in [1.165, 1.54) is 6.07 Å². The van der Waals surface area contributed by atoms with E-state index in [0.717, 1.165) is 11.8 Å².